The molecule has 30 heavy (non-hydrogen) atoms. The normalized spacial score (nSPS) is 16.1. The van der Waals surface area contributed by atoms with Crippen molar-refractivity contribution in [2.24, 2.45) is 0 Å². The Morgan fingerprint density at radius 1 is 1.23 bits per heavy atom. The molecule has 1 aliphatic rings. The number of benzene rings is 2. The molecular weight excluding hydrogens is 435 g/mol. The Labute approximate surface area is 179 Å². The number of rotatable bonds is 6. The van der Waals surface area contributed by atoms with Crippen LogP contribution in [0.25, 0.3) is 0 Å². The van der Waals surface area contributed by atoms with Gasteiger partial charge < -0.3 is 14.8 Å². The Hall–Kier alpha value is -2.20. The van der Waals surface area contributed by atoms with Gasteiger partial charge in [0.25, 0.3) is 5.91 Å². The molecule has 0 spiro atoms. The van der Waals surface area contributed by atoms with Crippen LogP contribution in [0.5, 0.6) is 5.75 Å². The number of carbonyl (C=O) groups is 1. The molecule has 1 unspecified atom stereocenters. The lowest BCUT2D eigenvalue weighted by atomic mass is 10.2. The third kappa shape index (κ3) is 5.10. The largest absolute Gasteiger partial charge is 0.479 e. The van der Waals surface area contributed by atoms with E-state index in [2.05, 4.69) is 5.32 Å². The predicted octanol–water partition coefficient (Wildman–Crippen LogP) is 3.21. The molecule has 0 saturated carbocycles. The number of anilines is 1. The van der Waals surface area contributed by atoms with Gasteiger partial charge in [-0.3, -0.25) is 4.79 Å². The Morgan fingerprint density at radius 2 is 1.93 bits per heavy atom. The summed E-state index contributed by atoms with van der Waals surface area (Å²) in [6, 6.07) is 8.27. The van der Waals surface area contributed by atoms with E-state index in [1.54, 1.807) is 19.1 Å². The number of morpholine rings is 1. The van der Waals surface area contributed by atoms with Crippen LogP contribution < -0.4 is 10.1 Å². The van der Waals surface area contributed by atoms with Crippen LogP contribution in [-0.4, -0.2) is 51.0 Å². The number of halogens is 2. The summed E-state index contributed by atoms with van der Waals surface area (Å²) in [4.78, 5) is 12.6. The summed E-state index contributed by atoms with van der Waals surface area (Å²) in [6.45, 7) is 4.45. The molecule has 3 rings (SSSR count). The second-order valence-corrected chi connectivity index (χ2v) is 9.13. The van der Waals surface area contributed by atoms with Crippen LogP contribution in [-0.2, 0) is 19.6 Å². The van der Waals surface area contributed by atoms with Crippen LogP contribution >= 0.6 is 11.6 Å². The van der Waals surface area contributed by atoms with Crippen molar-refractivity contribution in [3.05, 3.63) is 52.8 Å². The molecule has 1 saturated heterocycles. The topological polar surface area (TPSA) is 84.9 Å². The Morgan fingerprint density at radius 3 is 2.60 bits per heavy atom. The number of hydrogen-bond acceptors (Lipinski definition) is 5. The number of hydrogen-bond donors (Lipinski definition) is 1. The summed E-state index contributed by atoms with van der Waals surface area (Å²) < 4.78 is 51.2. The highest BCUT2D eigenvalue weighted by molar-refractivity contribution is 7.89. The molecule has 162 valence electrons. The van der Waals surface area contributed by atoms with Gasteiger partial charge in [0.15, 0.2) is 6.10 Å². The average Bonchev–Trinajstić information content (AvgIpc) is 2.72. The van der Waals surface area contributed by atoms with Gasteiger partial charge in [0.05, 0.1) is 23.1 Å². The maximum absolute atomic E-state index is 13.2. The van der Waals surface area contributed by atoms with E-state index in [9.17, 15) is 17.6 Å². The molecule has 1 amide bonds. The zero-order valence-electron chi connectivity index (χ0n) is 16.5. The lowest BCUT2D eigenvalue weighted by Crippen LogP contribution is -2.40. The summed E-state index contributed by atoms with van der Waals surface area (Å²) in [7, 11) is -3.71. The third-order valence-corrected chi connectivity index (χ3v) is 6.95. The first-order valence-electron chi connectivity index (χ1n) is 9.29. The molecule has 0 aliphatic carbocycles. The van der Waals surface area contributed by atoms with Crippen LogP contribution in [0.4, 0.5) is 10.1 Å². The van der Waals surface area contributed by atoms with E-state index < -0.39 is 27.9 Å². The third-order valence-electron chi connectivity index (χ3n) is 4.61. The van der Waals surface area contributed by atoms with Gasteiger partial charge in [0, 0.05) is 18.8 Å². The average molecular weight is 457 g/mol. The maximum Gasteiger partial charge on any atom is 0.265 e. The van der Waals surface area contributed by atoms with Crippen molar-refractivity contribution in [1.29, 1.82) is 0 Å². The predicted molar refractivity (Wildman–Crippen MR) is 111 cm³/mol. The number of nitrogens with one attached hydrogen (secondary N) is 1. The Kier molecular flexibility index (Phi) is 6.97. The molecule has 2 aromatic rings. The standard InChI is InChI=1S/C20H22ClFN2O5S/c1-13-3-5-16(12-19(13)30(26,27)24-7-9-28-10-8-24)23-20(25)14(2)29-18-6-4-15(22)11-17(18)21/h3-6,11-12,14H,7-10H2,1-2H3,(H,23,25). The van der Waals surface area contributed by atoms with E-state index in [0.717, 1.165) is 6.07 Å². The number of nitrogens with zero attached hydrogens (tertiary/aromatic N) is 1. The van der Waals surface area contributed by atoms with E-state index in [0.29, 0.717) is 24.5 Å². The molecular formula is C20H22ClFN2O5S. The van der Waals surface area contributed by atoms with Crippen molar-refractivity contribution >= 4 is 33.2 Å². The number of sulfonamides is 1. The van der Waals surface area contributed by atoms with Gasteiger partial charge in [0.2, 0.25) is 10.0 Å². The molecule has 1 atom stereocenters. The van der Waals surface area contributed by atoms with Crippen molar-refractivity contribution in [2.75, 3.05) is 31.6 Å². The second-order valence-electron chi connectivity index (χ2n) is 6.82. The number of amides is 1. The molecule has 1 fully saturated rings. The highest BCUT2D eigenvalue weighted by Gasteiger charge is 2.28. The van der Waals surface area contributed by atoms with Crippen LogP contribution in [0.1, 0.15) is 12.5 Å². The van der Waals surface area contributed by atoms with Crippen molar-refractivity contribution in [3.63, 3.8) is 0 Å². The summed E-state index contributed by atoms with van der Waals surface area (Å²) in [5.74, 6) is -0.854. The molecule has 0 radical (unpaired) electrons. The minimum atomic E-state index is -3.71. The van der Waals surface area contributed by atoms with E-state index in [1.807, 2.05) is 0 Å². The van der Waals surface area contributed by atoms with Crippen LogP contribution in [0.2, 0.25) is 5.02 Å². The van der Waals surface area contributed by atoms with Crippen molar-refractivity contribution in [1.82, 2.24) is 4.31 Å². The molecule has 0 aromatic heterocycles. The highest BCUT2D eigenvalue weighted by atomic mass is 35.5. The quantitative estimate of drug-likeness (QED) is 0.721. The van der Waals surface area contributed by atoms with Gasteiger partial charge in [0.1, 0.15) is 11.6 Å². The zero-order chi connectivity index (χ0) is 21.9. The van der Waals surface area contributed by atoms with Crippen LogP contribution in [0.3, 0.4) is 0 Å². The monoisotopic (exact) mass is 456 g/mol. The second kappa shape index (κ2) is 9.30. The van der Waals surface area contributed by atoms with Crippen molar-refractivity contribution in [2.45, 2.75) is 24.8 Å². The Balaban J connectivity index is 1.75. The van der Waals surface area contributed by atoms with Gasteiger partial charge in [-0.15, -0.1) is 0 Å². The summed E-state index contributed by atoms with van der Waals surface area (Å²) in [5, 5.41) is 2.69. The first-order valence-corrected chi connectivity index (χ1v) is 11.1. The highest BCUT2D eigenvalue weighted by Crippen LogP contribution is 2.27. The first-order chi connectivity index (χ1) is 14.2. The number of carbonyl (C=O) groups excluding carboxylic acids is 1. The number of aryl methyl sites for hydroxylation is 1. The Bertz CT molecular complexity index is 1040. The lowest BCUT2D eigenvalue weighted by Gasteiger charge is -2.27. The SMILES string of the molecule is Cc1ccc(NC(=O)C(C)Oc2ccc(F)cc2Cl)cc1S(=O)(=O)N1CCOCC1. The summed E-state index contributed by atoms with van der Waals surface area (Å²) >= 11 is 5.92. The van der Waals surface area contributed by atoms with E-state index in [1.165, 1.54) is 29.4 Å². The molecule has 0 bridgehead atoms. The zero-order valence-corrected chi connectivity index (χ0v) is 18.1. The maximum atomic E-state index is 13.2. The minimum Gasteiger partial charge on any atom is -0.479 e. The van der Waals surface area contributed by atoms with E-state index >= 15 is 0 Å². The summed E-state index contributed by atoms with van der Waals surface area (Å²) in [5.41, 5.74) is 0.889. The van der Waals surface area contributed by atoms with Gasteiger partial charge in [-0.1, -0.05) is 17.7 Å². The molecule has 7 nitrogen and oxygen atoms in total. The van der Waals surface area contributed by atoms with Gasteiger partial charge in [-0.05, 0) is 49.7 Å². The lowest BCUT2D eigenvalue weighted by molar-refractivity contribution is -0.122. The molecule has 10 heteroatoms. The smallest absolute Gasteiger partial charge is 0.265 e. The van der Waals surface area contributed by atoms with Gasteiger partial charge in [-0.2, -0.15) is 4.31 Å². The van der Waals surface area contributed by atoms with E-state index in [-0.39, 0.29) is 28.8 Å². The van der Waals surface area contributed by atoms with Crippen LogP contribution in [0, 0.1) is 12.7 Å². The fourth-order valence-corrected chi connectivity index (χ4v) is 4.81. The van der Waals surface area contributed by atoms with Crippen LogP contribution in [0.15, 0.2) is 41.3 Å². The first kappa shape index (κ1) is 22.5. The van der Waals surface area contributed by atoms with Crippen molar-refractivity contribution < 1.29 is 27.1 Å². The molecule has 2 aromatic carbocycles. The molecule has 1 heterocycles. The van der Waals surface area contributed by atoms with Gasteiger partial charge in [-0.25, -0.2) is 12.8 Å². The van der Waals surface area contributed by atoms with E-state index in [4.69, 9.17) is 21.1 Å². The summed E-state index contributed by atoms with van der Waals surface area (Å²) in [6.07, 6.45) is -0.950. The fourth-order valence-electron chi connectivity index (χ4n) is 2.94. The van der Waals surface area contributed by atoms with Crippen molar-refractivity contribution in [3.8, 4) is 5.75 Å². The molecule has 1 N–H and O–H groups in total. The minimum absolute atomic E-state index is 0.0453. The molecule has 1 aliphatic heterocycles. The number of ether oxygens (including phenoxy) is 2. The van der Waals surface area contributed by atoms with Gasteiger partial charge >= 0.3 is 0 Å². The fraction of sp³-hybridized carbons (Fsp3) is 0.350.